The molecule has 0 bridgehead atoms. The van der Waals surface area contributed by atoms with Crippen LogP contribution in [0.2, 0.25) is 0 Å². The highest BCUT2D eigenvalue weighted by Gasteiger charge is 2.17. The van der Waals surface area contributed by atoms with Crippen molar-refractivity contribution in [1.29, 1.82) is 0 Å². The van der Waals surface area contributed by atoms with E-state index in [2.05, 4.69) is 10.6 Å². The average Bonchev–Trinajstić information content (AvgIpc) is 2.42. The number of benzene rings is 1. The minimum Gasteiger partial charge on any atom is -0.497 e. The van der Waals surface area contributed by atoms with Gasteiger partial charge < -0.3 is 20.1 Å². The van der Waals surface area contributed by atoms with E-state index in [1.54, 1.807) is 18.2 Å². The molecule has 0 heterocycles. The SMILES string of the molecule is COc1ccc(C(=O)NCC(=O)NC(C)(C)C)c(OC)c1. The fourth-order valence-electron chi connectivity index (χ4n) is 1.70. The second-order valence-corrected chi connectivity index (χ2v) is 5.55. The van der Waals surface area contributed by atoms with Crippen molar-refractivity contribution in [2.24, 2.45) is 0 Å². The number of methoxy groups -OCH3 is 2. The van der Waals surface area contributed by atoms with Gasteiger partial charge in [-0.15, -0.1) is 0 Å². The highest BCUT2D eigenvalue weighted by molar-refractivity contribution is 5.99. The van der Waals surface area contributed by atoms with Crippen molar-refractivity contribution in [1.82, 2.24) is 10.6 Å². The molecule has 1 rings (SSSR count). The number of carbonyl (C=O) groups is 2. The van der Waals surface area contributed by atoms with Gasteiger partial charge in [0.25, 0.3) is 5.91 Å². The molecule has 0 atom stereocenters. The minimum atomic E-state index is -0.376. The van der Waals surface area contributed by atoms with Crippen molar-refractivity contribution in [3.63, 3.8) is 0 Å². The maximum absolute atomic E-state index is 12.1. The summed E-state index contributed by atoms with van der Waals surface area (Å²) in [5, 5.41) is 5.33. The van der Waals surface area contributed by atoms with Crippen molar-refractivity contribution < 1.29 is 19.1 Å². The molecule has 0 radical (unpaired) electrons. The van der Waals surface area contributed by atoms with Crippen LogP contribution < -0.4 is 20.1 Å². The van der Waals surface area contributed by atoms with Crippen molar-refractivity contribution >= 4 is 11.8 Å². The van der Waals surface area contributed by atoms with Crippen molar-refractivity contribution in [3.05, 3.63) is 23.8 Å². The van der Waals surface area contributed by atoms with Crippen LogP contribution in [-0.4, -0.2) is 38.1 Å². The first-order valence-electron chi connectivity index (χ1n) is 6.58. The summed E-state index contributed by atoms with van der Waals surface area (Å²) in [5.41, 5.74) is 0.0152. The van der Waals surface area contributed by atoms with Crippen LogP contribution in [-0.2, 0) is 4.79 Å². The Labute approximate surface area is 124 Å². The molecule has 0 saturated heterocycles. The zero-order chi connectivity index (χ0) is 16.0. The first-order valence-corrected chi connectivity index (χ1v) is 6.58. The fourth-order valence-corrected chi connectivity index (χ4v) is 1.70. The van der Waals surface area contributed by atoms with E-state index >= 15 is 0 Å². The van der Waals surface area contributed by atoms with Gasteiger partial charge in [-0.2, -0.15) is 0 Å². The lowest BCUT2D eigenvalue weighted by molar-refractivity contribution is -0.121. The predicted molar refractivity (Wildman–Crippen MR) is 79.8 cm³/mol. The zero-order valence-corrected chi connectivity index (χ0v) is 13.1. The molecule has 6 heteroatoms. The average molecular weight is 294 g/mol. The summed E-state index contributed by atoms with van der Waals surface area (Å²) >= 11 is 0. The van der Waals surface area contributed by atoms with Gasteiger partial charge in [-0.05, 0) is 32.9 Å². The van der Waals surface area contributed by atoms with Crippen molar-refractivity contribution in [3.8, 4) is 11.5 Å². The summed E-state index contributed by atoms with van der Waals surface area (Å²) in [6.45, 7) is 5.53. The lowest BCUT2D eigenvalue weighted by atomic mass is 10.1. The van der Waals surface area contributed by atoms with E-state index in [9.17, 15) is 9.59 Å². The highest BCUT2D eigenvalue weighted by Crippen LogP contribution is 2.24. The van der Waals surface area contributed by atoms with Crippen LogP contribution in [0.5, 0.6) is 11.5 Å². The van der Waals surface area contributed by atoms with Crippen LogP contribution in [0.1, 0.15) is 31.1 Å². The number of ether oxygens (including phenoxy) is 2. The molecule has 1 aromatic rings. The van der Waals surface area contributed by atoms with Crippen LogP contribution >= 0.6 is 0 Å². The Kier molecular flexibility index (Phi) is 5.58. The third kappa shape index (κ3) is 5.33. The summed E-state index contributed by atoms with van der Waals surface area (Å²) in [6, 6.07) is 4.87. The van der Waals surface area contributed by atoms with Gasteiger partial charge in [0.2, 0.25) is 5.91 Å². The molecule has 116 valence electrons. The molecule has 0 fully saturated rings. The molecule has 6 nitrogen and oxygen atoms in total. The smallest absolute Gasteiger partial charge is 0.255 e. The van der Waals surface area contributed by atoms with Crippen LogP contribution in [0.4, 0.5) is 0 Å². The Hall–Kier alpha value is -2.24. The summed E-state index contributed by atoms with van der Waals surface area (Å²) in [4.78, 5) is 23.8. The third-order valence-corrected chi connectivity index (χ3v) is 2.58. The van der Waals surface area contributed by atoms with Crippen LogP contribution in [0.3, 0.4) is 0 Å². The maximum Gasteiger partial charge on any atom is 0.255 e. The molecule has 0 unspecified atom stereocenters. The Morgan fingerprint density at radius 1 is 1.14 bits per heavy atom. The lowest BCUT2D eigenvalue weighted by Gasteiger charge is -2.20. The normalized spacial score (nSPS) is 10.7. The molecule has 1 aromatic carbocycles. The summed E-state index contributed by atoms with van der Waals surface area (Å²) in [5.74, 6) is 0.360. The lowest BCUT2D eigenvalue weighted by Crippen LogP contribution is -2.45. The molecule has 0 saturated carbocycles. The molecule has 0 aliphatic heterocycles. The van der Waals surface area contributed by atoms with Gasteiger partial charge in [0.05, 0.1) is 26.3 Å². The van der Waals surface area contributed by atoms with E-state index in [0.717, 1.165) is 0 Å². The fraction of sp³-hybridized carbons (Fsp3) is 0.467. The van der Waals surface area contributed by atoms with Gasteiger partial charge in [0.15, 0.2) is 0 Å². The molecular weight excluding hydrogens is 272 g/mol. The quantitative estimate of drug-likeness (QED) is 0.859. The molecule has 2 amide bonds. The summed E-state index contributed by atoms with van der Waals surface area (Å²) in [6.07, 6.45) is 0. The van der Waals surface area contributed by atoms with E-state index in [0.29, 0.717) is 17.1 Å². The van der Waals surface area contributed by atoms with Crippen LogP contribution in [0.25, 0.3) is 0 Å². The number of hydrogen-bond acceptors (Lipinski definition) is 4. The standard InChI is InChI=1S/C15H22N2O4/c1-15(2,3)17-13(18)9-16-14(19)11-7-6-10(20-4)8-12(11)21-5/h6-8H,9H2,1-5H3,(H,16,19)(H,17,18). The van der Waals surface area contributed by atoms with Crippen LogP contribution in [0, 0.1) is 0 Å². The Bertz CT molecular complexity index is 521. The number of rotatable bonds is 5. The molecule has 0 aliphatic carbocycles. The van der Waals surface area contributed by atoms with Crippen molar-refractivity contribution in [2.75, 3.05) is 20.8 Å². The molecule has 21 heavy (non-hydrogen) atoms. The first kappa shape index (κ1) is 16.8. The van der Waals surface area contributed by atoms with Gasteiger partial charge >= 0.3 is 0 Å². The van der Waals surface area contributed by atoms with Gasteiger partial charge in [-0.25, -0.2) is 0 Å². The first-order chi connectivity index (χ1) is 9.76. The largest absolute Gasteiger partial charge is 0.497 e. The van der Waals surface area contributed by atoms with Gasteiger partial charge in [0.1, 0.15) is 11.5 Å². The molecule has 0 aromatic heterocycles. The van der Waals surface area contributed by atoms with E-state index < -0.39 is 0 Å². The number of nitrogens with one attached hydrogen (secondary N) is 2. The van der Waals surface area contributed by atoms with Crippen LogP contribution in [0.15, 0.2) is 18.2 Å². The summed E-state index contributed by atoms with van der Waals surface area (Å²) < 4.78 is 10.2. The molecule has 0 spiro atoms. The van der Waals surface area contributed by atoms with E-state index in [-0.39, 0.29) is 23.9 Å². The number of hydrogen-bond donors (Lipinski definition) is 2. The second kappa shape index (κ2) is 6.97. The minimum absolute atomic E-state index is 0.0920. The molecule has 2 N–H and O–H groups in total. The maximum atomic E-state index is 12.1. The molecular formula is C15H22N2O4. The summed E-state index contributed by atoms with van der Waals surface area (Å²) in [7, 11) is 3.00. The number of carbonyl (C=O) groups excluding carboxylic acids is 2. The van der Waals surface area contributed by atoms with Gasteiger partial charge in [-0.1, -0.05) is 0 Å². The Morgan fingerprint density at radius 3 is 2.33 bits per heavy atom. The second-order valence-electron chi connectivity index (χ2n) is 5.55. The topological polar surface area (TPSA) is 76.7 Å². The highest BCUT2D eigenvalue weighted by atomic mass is 16.5. The number of amides is 2. The monoisotopic (exact) mass is 294 g/mol. The van der Waals surface area contributed by atoms with E-state index in [1.165, 1.54) is 14.2 Å². The van der Waals surface area contributed by atoms with Gasteiger partial charge in [0, 0.05) is 11.6 Å². The zero-order valence-electron chi connectivity index (χ0n) is 13.1. The third-order valence-electron chi connectivity index (χ3n) is 2.58. The predicted octanol–water partition coefficient (Wildman–Crippen LogP) is 1.35. The Balaban J connectivity index is 2.70. The van der Waals surface area contributed by atoms with E-state index in [4.69, 9.17) is 9.47 Å². The van der Waals surface area contributed by atoms with E-state index in [1.807, 2.05) is 20.8 Å². The van der Waals surface area contributed by atoms with Gasteiger partial charge in [-0.3, -0.25) is 9.59 Å². The Morgan fingerprint density at radius 2 is 1.81 bits per heavy atom. The molecule has 0 aliphatic rings. The van der Waals surface area contributed by atoms with Crippen molar-refractivity contribution in [2.45, 2.75) is 26.3 Å².